The third-order valence-corrected chi connectivity index (χ3v) is 4.52. The summed E-state index contributed by atoms with van der Waals surface area (Å²) in [6.07, 6.45) is 15.6. The van der Waals surface area contributed by atoms with Gasteiger partial charge in [0.25, 0.3) is 0 Å². The van der Waals surface area contributed by atoms with E-state index < -0.39 is 0 Å². The molecule has 0 aliphatic heterocycles. The van der Waals surface area contributed by atoms with Crippen LogP contribution in [0, 0.1) is 17.3 Å². The van der Waals surface area contributed by atoms with Crippen LogP contribution >= 0.6 is 0 Å². The molecule has 0 aromatic rings. The molecule has 2 heteroatoms. The fraction of sp³-hybridized carbons (Fsp3) is 0.688. The molecule has 0 amide bonds. The number of ether oxygens (including phenoxy) is 1. The number of carbonyl (C=O) groups excluding carboxylic acids is 1. The van der Waals surface area contributed by atoms with Gasteiger partial charge in [-0.05, 0) is 50.4 Å². The minimum atomic E-state index is -0.283. The number of esters is 1. The van der Waals surface area contributed by atoms with Crippen LogP contribution in [0.15, 0.2) is 24.3 Å². The van der Waals surface area contributed by atoms with Crippen molar-refractivity contribution in [1.82, 2.24) is 0 Å². The number of methoxy groups -OCH3 is 1. The van der Waals surface area contributed by atoms with Crippen molar-refractivity contribution in [3.63, 3.8) is 0 Å². The zero-order valence-electron chi connectivity index (χ0n) is 11.5. The Bertz CT molecular complexity index is 356. The van der Waals surface area contributed by atoms with Gasteiger partial charge >= 0.3 is 5.97 Å². The molecule has 0 heterocycles. The second-order valence-corrected chi connectivity index (χ2v) is 5.63. The summed E-state index contributed by atoms with van der Waals surface area (Å²) >= 11 is 0. The van der Waals surface area contributed by atoms with Crippen LogP contribution in [-0.4, -0.2) is 13.1 Å². The molecule has 0 saturated heterocycles. The molecule has 0 aromatic carbocycles. The van der Waals surface area contributed by atoms with E-state index >= 15 is 0 Å². The predicted molar refractivity (Wildman–Crippen MR) is 73.1 cm³/mol. The van der Waals surface area contributed by atoms with Crippen molar-refractivity contribution in [2.75, 3.05) is 7.11 Å². The highest BCUT2D eigenvalue weighted by Crippen LogP contribution is 2.51. The number of carbonyl (C=O) groups is 1. The monoisotopic (exact) mass is 248 g/mol. The SMILES string of the molecule is CC/C=C\CCC1C=C[C@]2(C(=O)OC)CC[C@H]1C2. The molecule has 2 bridgehead atoms. The molecule has 0 N–H and O–H groups in total. The van der Waals surface area contributed by atoms with Crippen molar-refractivity contribution in [2.24, 2.45) is 17.3 Å². The fourth-order valence-corrected chi connectivity index (χ4v) is 3.46. The average Bonchev–Trinajstić information content (AvgIpc) is 2.76. The van der Waals surface area contributed by atoms with Gasteiger partial charge in [0.05, 0.1) is 12.5 Å². The highest BCUT2D eigenvalue weighted by atomic mass is 16.5. The smallest absolute Gasteiger partial charge is 0.315 e. The molecule has 0 radical (unpaired) electrons. The standard InChI is InChI=1S/C16H24O2/c1-3-4-5-6-7-13-8-10-16(15(17)18-2)11-9-14(13)12-16/h4-5,8,10,13-14H,3,6-7,9,11-12H2,1-2H3/b5-4-/t13?,14-,16-/m0/s1. The Kier molecular flexibility index (Phi) is 4.26. The zero-order chi connectivity index (χ0) is 13.0. The van der Waals surface area contributed by atoms with Gasteiger partial charge in [-0.1, -0.05) is 31.2 Å². The summed E-state index contributed by atoms with van der Waals surface area (Å²) in [5.41, 5.74) is -0.283. The normalized spacial score (nSPS) is 34.1. The predicted octanol–water partition coefficient (Wildman–Crippen LogP) is 3.88. The Morgan fingerprint density at radius 3 is 3.06 bits per heavy atom. The van der Waals surface area contributed by atoms with E-state index in [0.717, 1.165) is 25.7 Å². The highest BCUT2D eigenvalue weighted by Gasteiger charge is 2.48. The summed E-state index contributed by atoms with van der Waals surface area (Å²) in [5.74, 6) is 1.31. The van der Waals surface area contributed by atoms with Gasteiger partial charge in [0.2, 0.25) is 0 Å². The van der Waals surface area contributed by atoms with Crippen molar-refractivity contribution < 1.29 is 9.53 Å². The molecular formula is C16H24O2. The van der Waals surface area contributed by atoms with Gasteiger partial charge in [0.1, 0.15) is 0 Å². The van der Waals surface area contributed by atoms with Gasteiger partial charge in [-0.2, -0.15) is 0 Å². The van der Waals surface area contributed by atoms with Gasteiger partial charge in [0, 0.05) is 0 Å². The average molecular weight is 248 g/mol. The van der Waals surface area contributed by atoms with Gasteiger partial charge in [-0.3, -0.25) is 4.79 Å². The van der Waals surface area contributed by atoms with Crippen molar-refractivity contribution in [3.05, 3.63) is 24.3 Å². The first-order valence-corrected chi connectivity index (χ1v) is 7.14. The van der Waals surface area contributed by atoms with E-state index in [1.165, 1.54) is 20.0 Å². The summed E-state index contributed by atoms with van der Waals surface area (Å²) in [6, 6.07) is 0. The van der Waals surface area contributed by atoms with Gasteiger partial charge in [-0.15, -0.1) is 0 Å². The third kappa shape index (κ3) is 2.52. The topological polar surface area (TPSA) is 26.3 Å². The summed E-state index contributed by atoms with van der Waals surface area (Å²) < 4.78 is 4.96. The summed E-state index contributed by atoms with van der Waals surface area (Å²) in [5, 5.41) is 0. The molecule has 0 spiro atoms. The molecule has 100 valence electrons. The summed E-state index contributed by atoms with van der Waals surface area (Å²) in [7, 11) is 1.50. The molecule has 0 aromatic heterocycles. The van der Waals surface area contributed by atoms with Gasteiger partial charge in [-0.25, -0.2) is 0 Å². The molecule has 1 saturated carbocycles. The fourth-order valence-electron chi connectivity index (χ4n) is 3.46. The summed E-state index contributed by atoms with van der Waals surface area (Å²) in [4.78, 5) is 11.9. The minimum Gasteiger partial charge on any atom is -0.468 e. The molecule has 2 rings (SSSR count). The molecule has 2 aliphatic rings. The van der Waals surface area contributed by atoms with Crippen LogP contribution in [-0.2, 0) is 9.53 Å². The van der Waals surface area contributed by atoms with Crippen LogP contribution < -0.4 is 0 Å². The summed E-state index contributed by atoms with van der Waals surface area (Å²) in [6.45, 7) is 2.17. The maximum absolute atomic E-state index is 11.9. The van der Waals surface area contributed by atoms with E-state index in [1.807, 2.05) is 0 Å². The third-order valence-electron chi connectivity index (χ3n) is 4.52. The Hall–Kier alpha value is -1.05. The van der Waals surface area contributed by atoms with E-state index in [4.69, 9.17) is 4.74 Å². The Morgan fingerprint density at radius 2 is 2.33 bits per heavy atom. The van der Waals surface area contributed by atoms with Crippen LogP contribution in [0.1, 0.15) is 45.4 Å². The second-order valence-electron chi connectivity index (χ2n) is 5.63. The minimum absolute atomic E-state index is 0.0365. The zero-order valence-corrected chi connectivity index (χ0v) is 11.5. The Morgan fingerprint density at radius 1 is 1.50 bits per heavy atom. The Labute approximate surface area is 110 Å². The van der Waals surface area contributed by atoms with Gasteiger partial charge in [0.15, 0.2) is 0 Å². The van der Waals surface area contributed by atoms with Crippen LogP contribution in [0.3, 0.4) is 0 Å². The van der Waals surface area contributed by atoms with Crippen molar-refractivity contribution >= 4 is 5.97 Å². The molecule has 2 nitrogen and oxygen atoms in total. The van der Waals surface area contributed by atoms with Crippen LogP contribution in [0.25, 0.3) is 0 Å². The van der Waals surface area contributed by atoms with E-state index in [-0.39, 0.29) is 11.4 Å². The first-order valence-electron chi connectivity index (χ1n) is 7.14. The van der Waals surface area contributed by atoms with Crippen molar-refractivity contribution in [3.8, 4) is 0 Å². The lowest BCUT2D eigenvalue weighted by molar-refractivity contribution is -0.149. The first kappa shape index (κ1) is 13.4. The molecule has 18 heavy (non-hydrogen) atoms. The van der Waals surface area contributed by atoms with Crippen molar-refractivity contribution in [2.45, 2.75) is 45.4 Å². The maximum atomic E-state index is 11.9. The molecule has 2 aliphatic carbocycles. The van der Waals surface area contributed by atoms with Crippen LogP contribution in [0.2, 0.25) is 0 Å². The molecule has 1 fully saturated rings. The molecule has 3 atom stereocenters. The lowest BCUT2D eigenvalue weighted by Crippen LogP contribution is -2.30. The molecule has 1 unspecified atom stereocenters. The quantitative estimate of drug-likeness (QED) is 0.545. The van der Waals surface area contributed by atoms with Crippen LogP contribution in [0.5, 0.6) is 0 Å². The number of allylic oxidation sites excluding steroid dienone is 3. The Balaban J connectivity index is 1.95. The van der Waals surface area contributed by atoms with Crippen molar-refractivity contribution in [1.29, 1.82) is 0 Å². The van der Waals surface area contributed by atoms with E-state index in [0.29, 0.717) is 11.8 Å². The number of hydrogen-bond donors (Lipinski definition) is 0. The number of hydrogen-bond acceptors (Lipinski definition) is 2. The largest absolute Gasteiger partial charge is 0.468 e. The van der Waals surface area contributed by atoms with E-state index in [9.17, 15) is 4.79 Å². The van der Waals surface area contributed by atoms with Crippen LogP contribution in [0.4, 0.5) is 0 Å². The van der Waals surface area contributed by atoms with Gasteiger partial charge < -0.3 is 4.74 Å². The lowest BCUT2D eigenvalue weighted by Gasteiger charge is -2.29. The highest BCUT2D eigenvalue weighted by molar-refractivity contribution is 5.79. The molecular weight excluding hydrogens is 224 g/mol. The number of rotatable bonds is 5. The van der Waals surface area contributed by atoms with E-state index in [2.05, 4.69) is 31.2 Å². The van der Waals surface area contributed by atoms with E-state index in [1.54, 1.807) is 0 Å². The maximum Gasteiger partial charge on any atom is 0.315 e. The number of fused-ring (bicyclic) bond motifs is 2. The lowest BCUT2D eigenvalue weighted by atomic mass is 9.75. The first-order chi connectivity index (χ1) is 8.72. The second kappa shape index (κ2) is 5.73.